The van der Waals surface area contributed by atoms with Crippen molar-refractivity contribution in [2.45, 2.75) is 25.6 Å². The number of hydrogen-bond acceptors (Lipinski definition) is 6. The lowest BCUT2D eigenvalue weighted by Gasteiger charge is -2.09. The number of amides is 2. The third-order valence-electron chi connectivity index (χ3n) is 4.92. The molecule has 9 heteroatoms. The predicted molar refractivity (Wildman–Crippen MR) is 113 cm³/mol. The SMILES string of the molecule is O=C(NCC1CCCO1)c1cc(COc2ccc(NC(=O)c3ccccc3F)cc2)on1. The number of anilines is 1. The number of rotatable bonds is 8. The van der Waals surface area contributed by atoms with Crippen LogP contribution in [0, 0.1) is 5.82 Å². The first-order chi connectivity index (χ1) is 15.6. The van der Waals surface area contributed by atoms with Crippen LogP contribution in [0.2, 0.25) is 0 Å². The van der Waals surface area contributed by atoms with E-state index in [1.54, 1.807) is 30.3 Å². The lowest BCUT2D eigenvalue weighted by atomic mass is 10.2. The van der Waals surface area contributed by atoms with Crippen LogP contribution in [0.15, 0.2) is 59.1 Å². The van der Waals surface area contributed by atoms with Crippen LogP contribution in [0.1, 0.15) is 39.4 Å². The van der Waals surface area contributed by atoms with Gasteiger partial charge in [0.2, 0.25) is 0 Å². The van der Waals surface area contributed by atoms with E-state index in [0.717, 1.165) is 19.4 Å². The second-order valence-electron chi connectivity index (χ2n) is 7.27. The summed E-state index contributed by atoms with van der Waals surface area (Å²) in [6.07, 6.45) is 1.99. The molecule has 3 aromatic rings. The molecule has 166 valence electrons. The molecule has 1 unspecified atom stereocenters. The number of nitrogens with zero attached hydrogens (tertiary/aromatic N) is 1. The summed E-state index contributed by atoms with van der Waals surface area (Å²) in [6, 6.07) is 13.9. The fourth-order valence-corrected chi connectivity index (χ4v) is 3.22. The molecule has 1 saturated heterocycles. The molecule has 0 bridgehead atoms. The van der Waals surface area contributed by atoms with Crippen LogP contribution >= 0.6 is 0 Å². The van der Waals surface area contributed by atoms with Gasteiger partial charge in [0.1, 0.15) is 18.2 Å². The minimum Gasteiger partial charge on any atom is -0.486 e. The second kappa shape index (κ2) is 10.1. The molecule has 1 fully saturated rings. The Kier molecular flexibility index (Phi) is 6.76. The number of nitrogens with one attached hydrogen (secondary N) is 2. The molecule has 2 heterocycles. The number of halogens is 1. The Hall–Kier alpha value is -3.72. The molecular weight excluding hydrogens is 417 g/mol. The zero-order chi connectivity index (χ0) is 22.3. The average molecular weight is 439 g/mol. The highest BCUT2D eigenvalue weighted by atomic mass is 19.1. The van der Waals surface area contributed by atoms with Crippen LogP contribution < -0.4 is 15.4 Å². The summed E-state index contributed by atoms with van der Waals surface area (Å²) in [4.78, 5) is 24.3. The Morgan fingerprint density at radius 3 is 2.69 bits per heavy atom. The maximum absolute atomic E-state index is 13.7. The first-order valence-electron chi connectivity index (χ1n) is 10.2. The summed E-state index contributed by atoms with van der Waals surface area (Å²) >= 11 is 0. The van der Waals surface area contributed by atoms with Crippen molar-refractivity contribution >= 4 is 17.5 Å². The van der Waals surface area contributed by atoms with Crippen molar-refractivity contribution in [2.75, 3.05) is 18.5 Å². The van der Waals surface area contributed by atoms with Crippen molar-refractivity contribution in [1.29, 1.82) is 0 Å². The van der Waals surface area contributed by atoms with Crippen molar-refractivity contribution in [2.24, 2.45) is 0 Å². The van der Waals surface area contributed by atoms with Crippen molar-refractivity contribution in [3.8, 4) is 5.75 Å². The van der Waals surface area contributed by atoms with Gasteiger partial charge in [-0.15, -0.1) is 0 Å². The summed E-state index contributed by atoms with van der Waals surface area (Å²) in [5.74, 6) is -0.537. The van der Waals surface area contributed by atoms with Gasteiger partial charge in [-0.1, -0.05) is 17.3 Å². The number of hydrogen-bond donors (Lipinski definition) is 2. The van der Waals surface area contributed by atoms with Crippen molar-refractivity contribution in [1.82, 2.24) is 10.5 Å². The molecular formula is C23H22FN3O5. The van der Waals surface area contributed by atoms with E-state index in [2.05, 4.69) is 15.8 Å². The van der Waals surface area contributed by atoms with Crippen molar-refractivity contribution < 1.29 is 28.0 Å². The van der Waals surface area contributed by atoms with E-state index in [1.165, 1.54) is 24.3 Å². The minimum atomic E-state index is -0.586. The minimum absolute atomic E-state index is 0.0336. The lowest BCUT2D eigenvalue weighted by molar-refractivity contribution is 0.0850. The van der Waals surface area contributed by atoms with E-state index in [9.17, 15) is 14.0 Å². The quantitative estimate of drug-likeness (QED) is 0.557. The van der Waals surface area contributed by atoms with Gasteiger partial charge in [-0.3, -0.25) is 9.59 Å². The fourth-order valence-electron chi connectivity index (χ4n) is 3.22. The summed E-state index contributed by atoms with van der Waals surface area (Å²) in [7, 11) is 0. The molecule has 2 N–H and O–H groups in total. The summed E-state index contributed by atoms with van der Waals surface area (Å²) < 4.78 is 30.0. The topological polar surface area (TPSA) is 103 Å². The van der Waals surface area contributed by atoms with E-state index in [0.29, 0.717) is 23.7 Å². The monoisotopic (exact) mass is 439 g/mol. The van der Waals surface area contributed by atoms with Crippen LogP contribution in [0.3, 0.4) is 0 Å². The Labute approximate surface area is 183 Å². The Morgan fingerprint density at radius 2 is 1.94 bits per heavy atom. The standard InChI is InChI=1S/C23H22FN3O5/c24-20-6-2-1-5-19(20)22(28)26-15-7-9-16(10-8-15)31-14-18-12-21(27-32-18)23(29)25-13-17-4-3-11-30-17/h1-2,5-10,12,17H,3-4,11,13-14H2,(H,25,29)(H,26,28). The molecule has 0 radical (unpaired) electrons. The van der Waals surface area contributed by atoms with Gasteiger partial charge in [0.05, 0.1) is 11.7 Å². The third kappa shape index (κ3) is 5.50. The van der Waals surface area contributed by atoms with Crippen molar-refractivity contribution in [3.05, 3.63) is 77.4 Å². The first kappa shape index (κ1) is 21.5. The molecule has 0 spiro atoms. The highest BCUT2D eigenvalue weighted by Crippen LogP contribution is 2.19. The molecule has 2 aromatic carbocycles. The van der Waals surface area contributed by atoms with E-state index in [1.807, 2.05) is 0 Å². The molecule has 1 aliphatic heterocycles. The molecule has 2 amide bonds. The van der Waals surface area contributed by atoms with E-state index in [4.69, 9.17) is 14.0 Å². The molecule has 8 nitrogen and oxygen atoms in total. The molecule has 1 aromatic heterocycles. The van der Waals surface area contributed by atoms with Gasteiger partial charge >= 0.3 is 0 Å². The first-order valence-corrected chi connectivity index (χ1v) is 10.2. The van der Waals surface area contributed by atoms with Crippen LogP contribution in [-0.4, -0.2) is 36.2 Å². The van der Waals surface area contributed by atoms with Gasteiger partial charge in [-0.05, 0) is 49.2 Å². The van der Waals surface area contributed by atoms with Crippen LogP contribution in [0.4, 0.5) is 10.1 Å². The zero-order valence-electron chi connectivity index (χ0n) is 17.2. The number of aromatic nitrogens is 1. The predicted octanol–water partition coefficient (Wildman–Crippen LogP) is 3.55. The molecule has 0 aliphatic carbocycles. The average Bonchev–Trinajstić information content (AvgIpc) is 3.49. The number of ether oxygens (including phenoxy) is 2. The largest absolute Gasteiger partial charge is 0.486 e. The Bertz CT molecular complexity index is 1080. The van der Waals surface area contributed by atoms with E-state index < -0.39 is 11.7 Å². The van der Waals surface area contributed by atoms with Gasteiger partial charge in [0.25, 0.3) is 11.8 Å². The smallest absolute Gasteiger partial charge is 0.273 e. The Morgan fingerprint density at radius 1 is 1.12 bits per heavy atom. The molecule has 1 aliphatic rings. The number of carbonyl (C=O) groups excluding carboxylic acids is 2. The van der Waals surface area contributed by atoms with Gasteiger partial charge in [0, 0.05) is 24.9 Å². The van der Waals surface area contributed by atoms with Crippen LogP contribution in [0.5, 0.6) is 5.75 Å². The fraction of sp³-hybridized carbons (Fsp3) is 0.261. The maximum Gasteiger partial charge on any atom is 0.273 e. The molecule has 0 saturated carbocycles. The Balaban J connectivity index is 1.26. The zero-order valence-corrected chi connectivity index (χ0v) is 17.2. The molecule has 32 heavy (non-hydrogen) atoms. The number of carbonyl (C=O) groups is 2. The maximum atomic E-state index is 13.7. The summed E-state index contributed by atoms with van der Waals surface area (Å²) in [5.41, 5.74) is 0.636. The van der Waals surface area contributed by atoms with Gasteiger partial charge in [-0.2, -0.15) is 0 Å². The van der Waals surface area contributed by atoms with Gasteiger partial charge in [0.15, 0.2) is 11.5 Å². The number of benzene rings is 2. The highest BCUT2D eigenvalue weighted by molar-refractivity contribution is 6.04. The van der Waals surface area contributed by atoms with Crippen LogP contribution in [-0.2, 0) is 11.3 Å². The van der Waals surface area contributed by atoms with E-state index in [-0.39, 0.29) is 29.9 Å². The lowest BCUT2D eigenvalue weighted by Crippen LogP contribution is -2.31. The molecule has 1 atom stereocenters. The van der Waals surface area contributed by atoms with Gasteiger partial charge < -0.3 is 24.6 Å². The summed E-state index contributed by atoms with van der Waals surface area (Å²) in [5, 5.41) is 9.18. The van der Waals surface area contributed by atoms with Crippen LogP contribution in [0.25, 0.3) is 0 Å². The summed E-state index contributed by atoms with van der Waals surface area (Å²) in [6.45, 7) is 1.25. The second-order valence-corrected chi connectivity index (χ2v) is 7.27. The highest BCUT2D eigenvalue weighted by Gasteiger charge is 2.18. The normalized spacial score (nSPS) is 15.3. The van der Waals surface area contributed by atoms with Crippen molar-refractivity contribution in [3.63, 3.8) is 0 Å². The van der Waals surface area contributed by atoms with E-state index >= 15 is 0 Å². The molecule has 4 rings (SSSR count). The van der Waals surface area contributed by atoms with Gasteiger partial charge in [-0.25, -0.2) is 4.39 Å². The third-order valence-corrected chi connectivity index (χ3v) is 4.92.